The number of ether oxygens (including phenoxy) is 2. The molecule has 2 rings (SSSR count). The Balaban J connectivity index is 2.24. The molecule has 0 spiro atoms. The van der Waals surface area contributed by atoms with E-state index in [4.69, 9.17) is 15.2 Å². The Bertz CT molecular complexity index is 383. The number of hydrogen-bond acceptors (Lipinski definition) is 6. The molecule has 0 bridgehead atoms. The van der Waals surface area contributed by atoms with E-state index >= 15 is 0 Å². The quantitative estimate of drug-likeness (QED) is 0.612. The highest BCUT2D eigenvalue weighted by molar-refractivity contribution is 5.44. The van der Waals surface area contributed by atoms with Crippen LogP contribution in [-0.4, -0.2) is 19.8 Å². The van der Waals surface area contributed by atoms with Crippen molar-refractivity contribution in [2.24, 2.45) is 11.1 Å². The van der Waals surface area contributed by atoms with Crippen molar-refractivity contribution in [3.63, 3.8) is 0 Å². The molecule has 0 aliphatic carbocycles. The van der Waals surface area contributed by atoms with Crippen molar-refractivity contribution in [3.05, 3.63) is 28.7 Å². The lowest BCUT2D eigenvalue weighted by Crippen LogP contribution is -2.17. The van der Waals surface area contributed by atoms with Crippen molar-refractivity contribution in [1.82, 2.24) is 0 Å². The Morgan fingerprint density at radius 3 is 2.81 bits per heavy atom. The summed E-state index contributed by atoms with van der Waals surface area (Å²) >= 11 is 0. The summed E-state index contributed by atoms with van der Waals surface area (Å²) in [6.07, 6.45) is -0.548. The topological polar surface area (TPSA) is 83.1 Å². The van der Waals surface area contributed by atoms with Crippen LogP contribution in [0.4, 0.5) is 0 Å². The van der Waals surface area contributed by atoms with Gasteiger partial charge in [-0.25, -0.2) is 0 Å². The molecule has 6 nitrogen and oxygen atoms in total. The molecule has 1 unspecified atom stereocenters. The highest BCUT2D eigenvalue weighted by Gasteiger charge is 2.17. The average Bonchev–Trinajstić information content (AvgIpc) is 2.35. The Kier molecular flexibility index (Phi) is 3.21. The zero-order chi connectivity index (χ0) is 11.4. The van der Waals surface area contributed by atoms with Gasteiger partial charge in [-0.05, 0) is 12.1 Å². The molecular formula is C10H12N2O4. The van der Waals surface area contributed by atoms with Gasteiger partial charge in [0, 0.05) is 12.1 Å². The second-order valence-electron chi connectivity index (χ2n) is 3.31. The second-order valence-corrected chi connectivity index (χ2v) is 3.31. The maximum Gasteiger partial charge on any atom is 0.168 e. The van der Waals surface area contributed by atoms with E-state index < -0.39 is 6.10 Å². The summed E-state index contributed by atoms with van der Waals surface area (Å²) in [6, 6.07) is 5.29. The van der Waals surface area contributed by atoms with Gasteiger partial charge in [-0.1, -0.05) is 6.07 Å². The van der Waals surface area contributed by atoms with Crippen LogP contribution < -0.4 is 15.2 Å². The zero-order valence-corrected chi connectivity index (χ0v) is 8.59. The fourth-order valence-corrected chi connectivity index (χ4v) is 1.55. The molecule has 1 aliphatic rings. The normalized spacial score (nSPS) is 15.3. The van der Waals surface area contributed by atoms with Crippen molar-refractivity contribution in [1.29, 1.82) is 0 Å². The molecule has 1 aromatic carbocycles. The number of hydrogen-bond donors (Lipinski definition) is 1. The van der Waals surface area contributed by atoms with E-state index in [1.165, 1.54) is 0 Å². The first-order chi connectivity index (χ1) is 7.85. The molecule has 1 heterocycles. The number of rotatable bonds is 4. The van der Waals surface area contributed by atoms with Crippen molar-refractivity contribution in [3.8, 4) is 11.5 Å². The smallest absolute Gasteiger partial charge is 0.168 e. The lowest BCUT2D eigenvalue weighted by Gasteiger charge is -2.20. The molecule has 0 saturated carbocycles. The highest BCUT2D eigenvalue weighted by Crippen LogP contribution is 2.33. The van der Waals surface area contributed by atoms with Crippen LogP contribution in [0.15, 0.2) is 23.5 Å². The van der Waals surface area contributed by atoms with Crippen LogP contribution in [-0.2, 0) is 4.84 Å². The second kappa shape index (κ2) is 4.80. The summed E-state index contributed by atoms with van der Waals surface area (Å²) < 4.78 is 10.8. The van der Waals surface area contributed by atoms with Crippen LogP contribution in [0, 0.1) is 4.91 Å². The molecular weight excluding hydrogens is 212 g/mol. The van der Waals surface area contributed by atoms with Crippen molar-refractivity contribution in [2.75, 3.05) is 19.8 Å². The van der Waals surface area contributed by atoms with E-state index in [1.807, 2.05) is 0 Å². The van der Waals surface area contributed by atoms with Gasteiger partial charge in [-0.3, -0.25) is 0 Å². The molecule has 0 amide bonds. The molecule has 86 valence electrons. The summed E-state index contributed by atoms with van der Waals surface area (Å²) in [6.45, 7) is 1.22. The largest absolute Gasteiger partial charge is 0.486 e. The van der Waals surface area contributed by atoms with E-state index in [2.05, 4.69) is 10.2 Å². The molecule has 2 N–H and O–H groups in total. The third-order valence-electron chi connectivity index (χ3n) is 2.32. The maximum absolute atomic E-state index is 10.1. The fraction of sp³-hybridized carbons (Fsp3) is 0.400. The minimum atomic E-state index is -0.548. The molecule has 0 aromatic heterocycles. The van der Waals surface area contributed by atoms with Gasteiger partial charge in [0.1, 0.15) is 13.2 Å². The first-order valence-electron chi connectivity index (χ1n) is 4.93. The molecule has 1 aromatic rings. The Hall–Kier alpha value is -1.82. The highest BCUT2D eigenvalue weighted by atomic mass is 16.7. The van der Waals surface area contributed by atoms with Gasteiger partial charge < -0.3 is 20.0 Å². The number of nitrogens with zero attached hydrogens (tertiary/aromatic N) is 1. The van der Waals surface area contributed by atoms with Crippen LogP contribution in [0.3, 0.4) is 0 Å². The first kappa shape index (κ1) is 10.7. The van der Waals surface area contributed by atoms with Gasteiger partial charge in [0.15, 0.2) is 22.9 Å². The van der Waals surface area contributed by atoms with E-state index in [-0.39, 0.29) is 6.54 Å². The van der Waals surface area contributed by atoms with Gasteiger partial charge in [0.2, 0.25) is 0 Å². The molecule has 16 heavy (non-hydrogen) atoms. The zero-order valence-electron chi connectivity index (χ0n) is 8.59. The van der Waals surface area contributed by atoms with Gasteiger partial charge >= 0.3 is 0 Å². The number of nitrogens with two attached hydrogens (primary N) is 1. The van der Waals surface area contributed by atoms with Crippen molar-refractivity contribution < 1.29 is 14.3 Å². The molecule has 6 heteroatoms. The predicted octanol–water partition coefficient (Wildman–Crippen LogP) is 1.16. The van der Waals surface area contributed by atoms with Gasteiger partial charge in [0.05, 0.1) is 0 Å². The molecule has 0 radical (unpaired) electrons. The predicted molar refractivity (Wildman–Crippen MR) is 56.1 cm³/mol. The van der Waals surface area contributed by atoms with Gasteiger partial charge in [-0.2, -0.15) is 0 Å². The van der Waals surface area contributed by atoms with Gasteiger partial charge in [-0.15, -0.1) is 4.91 Å². The van der Waals surface area contributed by atoms with Crippen molar-refractivity contribution in [2.45, 2.75) is 6.10 Å². The average molecular weight is 224 g/mol. The van der Waals surface area contributed by atoms with E-state index in [0.717, 1.165) is 5.56 Å². The Labute approximate surface area is 92.2 Å². The van der Waals surface area contributed by atoms with E-state index in [0.29, 0.717) is 24.7 Å². The number of fused-ring (bicyclic) bond motifs is 1. The maximum atomic E-state index is 10.1. The lowest BCUT2D eigenvalue weighted by atomic mass is 10.1. The van der Waals surface area contributed by atoms with Crippen molar-refractivity contribution >= 4 is 0 Å². The van der Waals surface area contributed by atoms with Crippen LogP contribution in [0.5, 0.6) is 11.5 Å². The minimum absolute atomic E-state index is 0.172. The SMILES string of the molecule is NCC(ON=O)c1ccc2c(c1)OCCO2. The van der Waals surface area contributed by atoms with E-state index in [1.54, 1.807) is 18.2 Å². The van der Waals surface area contributed by atoms with Gasteiger partial charge in [0.25, 0.3) is 0 Å². The minimum Gasteiger partial charge on any atom is -0.486 e. The fourth-order valence-electron chi connectivity index (χ4n) is 1.55. The van der Waals surface area contributed by atoms with Crippen LogP contribution in [0.1, 0.15) is 11.7 Å². The summed E-state index contributed by atoms with van der Waals surface area (Å²) in [4.78, 5) is 14.7. The third-order valence-corrected chi connectivity index (χ3v) is 2.32. The Morgan fingerprint density at radius 2 is 2.12 bits per heavy atom. The monoisotopic (exact) mass is 224 g/mol. The molecule has 0 fully saturated rings. The molecule has 0 saturated heterocycles. The molecule has 1 aliphatic heterocycles. The van der Waals surface area contributed by atoms with Crippen LogP contribution >= 0.6 is 0 Å². The summed E-state index contributed by atoms with van der Waals surface area (Å²) in [5, 5.41) is 2.39. The number of benzene rings is 1. The van der Waals surface area contributed by atoms with E-state index in [9.17, 15) is 4.91 Å². The lowest BCUT2D eigenvalue weighted by molar-refractivity contribution is 0.0604. The first-order valence-corrected chi connectivity index (χ1v) is 4.93. The summed E-state index contributed by atoms with van der Waals surface area (Å²) in [5.74, 6) is 1.32. The molecule has 1 atom stereocenters. The Morgan fingerprint density at radius 1 is 1.38 bits per heavy atom. The van der Waals surface area contributed by atoms with Crippen LogP contribution in [0.25, 0.3) is 0 Å². The van der Waals surface area contributed by atoms with Crippen LogP contribution in [0.2, 0.25) is 0 Å². The summed E-state index contributed by atoms with van der Waals surface area (Å²) in [5.41, 5.74) is 6.21. The summed E-state index contributed by atoms with van der Waals surface area (Å²) in [7, 11) is 0. The third kappa shape index (κ3) is 2.06. The standard InChI is InChI=1S/C10H12N2O4/c11-6-10(16-12-13)7-1-2-8-9(5-7)15-4-3-14-8/h1-2,5,10H,3-4,6,11H2.